The minimum Gasteiger partial charge on any atom is -0.488 e. The molecule has 2 saturated heterocycles. The van der Waals surface area contributed by atoms with Crippen molar-refractivity contribution in [3.63, 3.8) is 0 Å². The van der Waals surface area contributed by atoms with E-state index in [9.17, 15) is 9.18 Å². The average molecular weight is 357 g/mol. The van der Waals surface area contributed by atoms with Gasteiger partial charge in [0.15, 0.2) is 0 Å². The molecular formula is C19H20FN3O3. The predicted octanol–water partition coefficient (Wildman–Crippen LogP) is 2.46. The van der Waals surface area contributed by atoms with Crippen LogP contribution in [0, 0.1) is 5.82 Å². The first-order valence-corrected chi connectivity index (χ1v) is 8.75. The minimum atomic E-state index is -0.409. The molecule has 0 saturated carbocycles. The summed E-state index contributed by atoms with van der Waals surface area (Å²) in [4.78, 5) is 22.5. The highest BCUT2D eigenvalue weighted by Gasteiger charge is 2.45. The molecule has 0 aliphatic carbocycles. The zero-order valence-electron chi connectivity index (χ0n) is 14.3. The van der Waals surface area contributed by atoms with Gasteiger partial charge in [-0.1, -0.05) is 6.07 Å². The van der Waals surface area contributed by atoms with Crippen LogP contribution in [0.2, 0.25) is 0 Å². The fourth-order valence-electron chi connectivity index (χ4n) is 3.74. The summed E-state index contributed by atoms with van der Waals surface area (Å²) in [7, 11) is 0. The monoisotopic (exact) mass is 357 g/mol. The molecule has 4 rings (SSSR count). The van der Waals surface area contributed by atoms with Crippen molar-refractivity contribution >= 4 is 5.91 Å². The summed E-state index contributed by atoms with van der Waals surface area (Å²) in [5, 5.41) is 0. The SMILES string of the molecule is O=C(c1cnccn1)N1CCC[C@@]2(C[C@@H](Oc3cccc(F)c3)CO2)C1. The van der Waals surface area contributed by atoms with Crippen molar-refractivity contribution in [2.75, 3.05) is 19.7 Å². The normalized spacial score (nSPS) is 25.4. The maximum absolute atomic E-state index is 13.3. The standard InChI is InChI=1S/C19H20FN3O3/c20-14-3-1-4-15(9-14)26-16-10-19(25-12-16)5-2-8-23(13-19)18(24)17-11-21-6-7-22-17/h1,3-4,6-7,9,11,16H,2,5,8,10,12-13H2/t16-,19-/m1/s1. The quantitative estimate of drug-likeness (QED) is 0.844. The molecule has 0 bridgehead atoms. The van der Waals surface area contributed by atoms with Gasteiger partial charge in [0.2, 0.25) is 0 Å². The van der Waals surface area contributed by atoms with Crippen molar-refractivity contribution < 1.29 is 18.7 Å². The molecule has 136 valence electrons. The Morgan fingerprint density at radius 3 is 3.12 bits per heavy atom. The molecule has 7 heteroatoms. The fourth-order valence-corrected chi connectivity index (χ4v) is 3.74. The van der Waals surface area contributed by atoms with Crippen molar-refractivity contribution in [1.82, 2.24) is 14.9 Å². The molecule has 0 N–H and O–H groups in total. The van der Waals surface area contributed by atoms with Gasteiger partial charge in [-0.05, 0) is 25.0 Å². The summed E-state index contributed by atoms with van der Waals surface area (Å²) in [6.45, 7) is 1.62. The van der Waals surface area contributed by atoms with Crippen LogP contribution in [0.4, 0.5) is 4.39 Å². The first-order chi connectivity index (χ1) is 12.6. The van der Waals surface area contributed by atoms with Gasteiger partial charge in [0.25, 0.3) is 5.91 Å². The largest absolute Gasteiger partial charge is 0.488 e. The molecule has 1 amide bonds. The summed E-state index contributed by atoms with van der Waals surface area (Å²) in [5.74, 6) is 0.0452. The first kappa shape index (κ1) is 16.9. The molecule has 2 aliphatic rings. The Hall–Kier alpha value is -2.54. The van der Waals surface area contributed by atoms with E-state index in [1.807, 2.05) is 0 Å². The van der Waals surface area contributed by atoms with Gasteiger partial charge in [-0.15, -0.1) is 0 Å². The topological polar surface area (TPSA) is 64.6 Å². The number of piperidine rings is 1. The van der Waals surface area contributed by atoms with Gasteiger partial charge in [0.05, 0.1) is 24.9 Å². The lowest BCUT2D eigenvalue weighted by atomic mass is 9.89. The number of likely N-dealkylation sites (tertiary alicyclic amines) is 1. The number of rotatable bonds is 3. The van der Waals surface area contributed by atoms with E-state index < -0.39 is 5.60 Å². The predicted molar refractivity (Wildman–Crippen MR) is 91.3 cm³/mol. The van der Waals surface area contributed by atoms with E-state index in [4.69, 9.17) is 9.47 Å². The number of amides is 1. The zero-order chi connectivity index (χ0) is 18.0. The summed E-state index contributed by atoms with van der Waals surface area (Å²) in [6.07, 6.45) is 6.80. The average Bonchev–Trinajstić information content (AvgIpc) is 3.03. The highest BCUT2D eigenvalue weighted by molar-refractivity contribution is 5.92. The van der Waals surface area contributed by atoms with Crippen LogP contribution in [-0.2, 0) is 4.74 Å². The third kappa shape index (κ3) is 3.53. The van der Waals surface area contributed by atoms with E-state index in [0.29, 0.717) is 37.6 Å². The van der Waals surface area contributed by atoms with Crippen LogP contribution in [-0.4, -0.2) is 52.2 Å². The smallest absolute Gasteiger partial charge is 0.274 e. The number of aromatic nitrogens is 2. The molecular weight excluding hydrogens is 337 g/mol. The Balaban J connectivity index is 1.42. The van der Waals surface area contributed by atoms with Gasteiger partial charge < -0.3 is 14.4 Å². The number of ether oxygens (including phenoxy) is 2. The van der Waals surface area contributed by atoms with Gasteiger partial charge in [-0.3, -0.25) is 9.78 Å². The van der Waals surface area contributed by atoms with Gasteiger partial charge >= 0.3 is 0 Å². The summed E-state index contributed by atoms with van der Waals surface area (Å²) in [5.41, 5.74) is -0.0659. The van der Waals surface area contributed by atoms with Crippen LogP contribution < -0.4 is 4.74 Å². The second-order valence-electron chi connectivity index (χ2n) is 6.82. The van der Waals surface area contributed by atoms with E-state index in [-0.39, 0.29) is 17.8 Å². The maximum atomic E-state index is 13.3. The zero-order valence-corrected chi connectivity index (χ0v) is 14.3. The summed E-state index contributed by atoms with van der Waals surface area (Å²) < 4.78 is 25.3. The van der Waals surface area contributed by atoms with Crippen molar-refractivity contribution in [3.8, 4) is 5.75 Å². The molecule has 2 aromatic rings. The van der Waals surface area contributed by atoms with E-state index in [1.165, 1.54) is 24.5 Å². The molecule has 2 aliphatic heterocycles. The third-order valence-electron chi connectivity index (χ3n) is 4.88. The van der Waals surface area contributed by atoms with Crippen LogP contribution in [0.25, 0.3) is 0 Å². The Labute approximate surface area is 151 Å². The molecule has 1 aromatic carbocycles. The van der Waals surface area contributed by atoms with Crippen LogP contribution in [0.15, 0.2) is 42.9 Å². The molecule has 1 aromatic heterocycles. The molecule has 0 unspecified atom stereocenters. The molecule has 0 radical (unpaired) electrons. The molecule has 3 heterocycles. The van der Waals surface area contributed by atoms with Crippen LogP contribution in [0.3, 0.4) is 0 Å². The van der Waals surface area contributed by atoms with Crippen molar-refractivity contribution in [3.05, 3.63) is 54.4 Å². The maximum Gasteiger partial charge on any atom is 0.274 e. The fraction of sp³-hybridized carbons (Fsp3) is 0.421. The van der Waals surface area contributed by atoms with E-state index >= 15 is 0 Å². The second-order valence-corrected chi connectivity index (χ2v) is 6.82. The van der Waals surface area contributed by atoms with Gasteiger partial charge in [0.1, 0.15) is 23.4 Å². The van der Waals surface area contributed by atoms with Gasteiger partial charge in [-0.2, -0.15) is 0 Å². The number of nitrogens with zero attached hydrogens (tertiary/aromatic N) is 3. The molecule has 2 fully saturated rings. The van der Waals surface area contributed by atoms with Crippen molar-refractivity contribution in [1.29, 1.82) is 0 Å². The highest BCUT2D eigenvalue weighted by Crippen LogP contribution is 2.36. The number of hydrogen-bond acceptors (Lipinski definition) is 5. The lowest BCUT2D eigenvalue weighted by molar-refractivity contribution is -0.0454. The number of hydrogen-bond donors (Lipinski definition) is 0. The lowest BCUT2D eigenvalue weighted by Crippen LogP contribution is -2.50. The lowest BCUT2D eigenvalue weighted by Gasteiger charge is -2.39. The number of carbonyl (C=O) groups is 1. The van der Waals surface area contributed by atoms with Crippen molar-refractivity contribution in [2.45, 2.75) is 31.0 Å². The Kier molecular flexibility index (Phi) is 4.55. The third-order valence-corrected chi connectivity index (χ3v) is 4.88. The van der Waals surface area contributed by atoms with Crippen LogP contribution >= 0.6 is 0 Å². The Bertz CT molecular complexity index is 789. The number of benzene rings is 1. The number of halogens is 1. The van der Waals surface area contributed by atoms with E-state index in [2.05, 4.69) is 9.97 Å². The first-order valence-electron chi connectivity index (χ1n) is 8.75. The molecule has 6 nitrogen and oxygen atoms in total. The number of carbonyl (C=O) groups excluding carboxylic acids is 1. The molecule has 26 heavy (non-hydrogen) atoms. The van der Waals surface area contributed by atoms with Crippen LogP contribution in [0.1, 0.15) is 29.8 Å². The summed E-state index contributed by atoms with van der Waals surface area (Å²) in [6, 6.07) is 6.11. The van der Waals surface area contributed by atoms with E-state index in [0.717, 1.165) is 12.8 Å². The van der Waals surface area contributed by atoms with E-state index in [1.54, 1.807) is 23.2 Å². The summed E-state index contributed by atoms with van der Waals surface area (Å²) >= 11 is 0. The minimum absolute atomic E-state index is 0.129. The Morgan fingerprint density at radius 2 is 2.31 bits per heavy atom. The van der Waals surface area contributed by atoms with Crippen LogP contribution in [0.5, 0.6) is 5.75 Å². The van der Waals surface area contributed by atoms with Gasteiger partial charge in [-0.25, -0.2) is 9.37 Å². The van der Waals surface area contributed by atoms with Crippen molar-refractivity contribution in [2.24, 2.45) is 0 Å². The highest BCUT2D eigenvalue weighted by atomic mass is 19.1. The second kappa shape index (κ2) is 6.99. The molecule has 2 atom stereocenters. The van der Waals surface area contributed by atoms with Gasteiger partial charge in [0, 0.05) is 31.4 Å². The Morgan fingerprint density at radius 1 is 1.38 bits per heavy atom. The molecule has 1 spiro atoms.